The summed E-state index contributed by atoms with van der Waals surface area (Å²) in [6.45, 7) is 3.10. The number of hydrogen-bond acceptors (Lipinski definition) is 2. The molecular weight excluding hydrogens is 235 g/mol. The third kappa shape index (κ3) is 2.69. The molecule has 3 nitrogen and oxygen atoms in total. The highest BCUT2D eigenvalue weighted by molar-refractivity contribution is 14.1. The second-order valence-corrected chi connectivity index (χ2v) is 2.00. The molecule has 0 fully saturated rings. The van der Waals surface area contributed by atoms with Crippen LogP contribution in [0.25, 0.3) is 0 Å². The van der Waals surface area contributed by atoms with Gasteiger partial charge in [-0.1, -0.05) is 0 Å². The minimum absolute atomic E-state index is 0.240. The molecule has 0 aliphatic rings. The van der Waals surface area contributed by atoms with Crippen LogP contribution in [-0.2, 0) is 7.86 Å². The maximum Gasteiger partial charge on any atom is 0.334 e. The van der Waals surface area contributed by atoms with Gasteiger partial charge in [0.25, 0.3) is 0 Å². The summed E-state index contributed by atoms with van der Waals surface area (Å²) in [5.41, 5.74) is 0.240. The van der Waals surface area contributed by atoms with Gasteiger partial charge in [0.15, 0.2) is 23.0 Å². The van der Waals surface area contributed by atoms with Crippen molar-refractivity contribution >= 4 is 29.0 Å². The minimum atomic E-state index is -0.941. The van der Waals surface area contributed by atoms with Crippen LogP contribution in [0.1, 0.15) is 13.8 Å². The highest BCUT2D eigenvalue weighted by Crippen LogP contribution is 2.07. The molecule has 0 rings (SSSR count). The first-order valence-corrected chi connectivity index (χ1v) is 3.17. The lowest BCUT2D eigenvalue weighted by Crippen LogP contribution is -1.98. The van der Waals surface area contributed by atoms with Crippen molar-refractivity contribution in [3.8, 4) is 0 Å². The highest BCUT2D eigenvalue weighted by atomic mass is 127. The van der Waals surface area contributed by atoms with Crippen LogP contribution in [0.3, 0.4) is 0 Å². The van der Waals surface area contributed by atoms with E-state index in [0.29, 0.717) is 5.76 Å². The van der Waals surface area contributed by atoms with Crippen LogP contribution in [0.2, 0.25) is 0 Å². The Kier molecular flexibility index (Phi) is 3.60. The third-order valence-electron chi connectivity index (χ3n) is 0.965. The molecule has 0 heterocycles. The van der Waals surface area contributed by atoms with Crippen molar-refractivity contribution in [3.05, 3.63) is 11.3 Å². The van der Waals surface area contributed by atoms with E-state index in [0.717, 1.165) is 0 Å². The van der Waals surface area contributed by atoms with Crippen molar-refractivity contribution in [2.75, 3.05) is 0 Å². The summed E-state index contributed by atoms with van der Waals surface area (Å²) in [5.74, 6) is -0.507. The zero-order valence-electron chi connectivity index (χ0n) is 5.14. The molecule has 0 aliphatic carbocycles. The molecular formula is C5H7IO3. The Hall–Kier alpha value is -0.260. The van der Waals surface area contributed by atoms with Crippen molar-refractivity contribution in [1.29, 1.82) is 0 Å². The number of carbonyl (C=O) groups is 1. The molecule has 0 aliphatic heterocycles. The van der Waals surface area contributed by atoms with Gasteiger partial charge in [-0.15, -0.1) is 0 Å². The fourth-order valence-corrected chi connectivity index (χ4v) is 0.539. The van der Waals surface area contributed by atoms with E-state index >= 15 is 0 Å². The summed E-state index contributed by atoms with van der Waals surface area (Å²) in [4.78, 5) is 10.2. The number of allylic oxidation sites excluding steroid dienone is 1. The average molecular weight is 242 g/mol. The molecule has 0 unspecified atom stereocenters. The van der Waals surface area contributed by atoms with E-state index in [4.69, 9.17) is 5.11 Å². The van der Waals surface area contributed by atoms with Gasteiger partial charge in [0, 0.05) is 0 Å². The second kappa shape index (κ2) is 3.71. The highest BCUT2D eigenvalue weighted by Gasteiger charge is 2.04. The molecule has 0 saturated heterocycles. The van der Waals surface area contributed by atoms with Crippen LogP contribution >= 0.6 is 23.0 Å². The molecule has 0 radical (unpaired) electrons. The molecule has 0 aromatic carbocycles. The Morgan fingerprint density at radius 2 is 2.00 bits per heavy atom. The lowest BCUT2D eigenvalue weighted by Gasteiger charge is -1.97. The molecule has 0 aromatic heterocycles. The zero-order chi connectivity index (χ0) is 7.44. The van der Waals surface area contributed by atoms with Crippen LogP contribution in [-0.4, -0.2) is 11.1 Å². The molecule has 0 saturated carbocycles. The van der Waals surface area contributed by atoms with Crippen LogP contribution in [0.5, 0.6) is 0 Å². The number of halogens is 1. The maximum absolute atomic E-state index is 10.2. The van der Waals surface area contributed by atoms with Crippen LogP contribution in [0.15, 0.2) is 11.3 Å². The van der Waals surface area contributed by atoms with E-state index in [1.165, 1.54) is 6.92 Å². The van der Waals surface area contributed by atoms with Crippen molar-refractivity contribution in [2.24, 2.45) is 0 Å². The fraction of sp³-hybridized carbons (Fsp3) is 0.400. The van der Waals surface area contributed by atoms with Gasteiger partial charge in [0.05, 0.1) is 5.57 Å². The van der Waals surface area contributed by atoms with E-state index in [1.54, 1.807) is 29.9 Å². The van der Waals surface area contributed by atoms with Gasteiger partial charge in [0.2, 0.25) is 0 Å². The average Bonchev–Trinajstić information content (AvgIpc) is 1.84. The van der Waals surface area contributed by atoms with Gasteiger partial charge in [0.1, 0.15) is 5.76 Å². The first kappa shape index (κ1) is 8.74. The topological polar surface area (TPSA) is 46.5 Å². The first-order chi connectivity index (χ1) is 4.09. The third-order valence-corrected chi connectivity index (χ3v) is 1.63. The van der Waals surface area contributed by atoms with Crippen LogP contribution in [0, 0.1) is 0 Å². The Morgan fingerprint density at radius 3 is 2.11 bits per heavy atom. The molecule has 0 bridgehead atoms. The largest absolute Gasteiger partial charge is 0.478 e. The molecule has 1 N–H and O–H groups in total. The van der Waals surface area contributed by atoms with Gasteiger partial charge in [-0.05, 0) is 13.8 Å². The molecule has 0 aromatic rings. The smallest absolute Gasteiger partial charge is 0.334 e. The molecule has 9 heavy (non-hydrogen) atoms. The second-order valence-electron chi connectivity index (χ2n) is 1.56. The predicted molar refractivity (Wildman–Crippen MR) is 41.1 cm³/mol. The van der Waals surface area contributed by atoms with E-state index in [-0.39, 0.29) is 5.57 Å². The van der Waals surface area contributed by atoms with Gasteiger partial charge < -0.3 is 8.17 Å². The Bertz CT molecular complexity index is 150. The maximum atomic E-state index is 10.2. The quantitative estimate of drug-likeness (QED) is 0.455. The summed E-state index contributed by atoms with van der Waals surface area (Å²) in [6.07, 6.45) is 0. The van der Waals surface area contributed by atoms with Crippen molar-refractivity contribution in [2.45, 2.75) is 13.8 Å². The van der Waals surface area contributed by atoms with E-state index in [2.05, 4.69) is 3.07 Å². The fourth-order valence-electron chi connectivity index (χ4n) is 0.208. The standard InChI is InChI=1S/C5H7IO3/c1-3(5(7)8)4(2)9-6/h1-2H3,(H,7,8). The molecule has 52 valence electrons. The molecule has 0 spiro atoms. The SMILES string of the molecule is CC(OI)=C(C)C(=O)O. The summed E-state index contributed by atoms with van der Waals surface area (Å²) in [7, 11) is 0. The number of hydrogen-bond donors (Lipinski definition) is 1. The van der Waals surface area contributed by atoms with Gasteiger partial charge in [-0.3, -0.25) is 0 Å². The number of aliphatic carboxylic acids is 1. The number of carboxylic acids is 1. The van der Waals surface area contributed by atoms with Gasteiger partial charge >= 0.3 is 5.97 Å². The molecule has 4 heteroatoms. The summed E-state index contributed by atoms with van der Waals surface area (Å²) in [6, 6.07) is 0. The Morgan fingerprint density at radius 1 is 1.56 bits per heavy atom. The zero-order valence-corrected chi connectivity index (χ0v) is 7.30. The monoisotopic (exact) mass is 242 g/mol. The van der Waals surface area contributed by atoms with Crippen LogP contribution in [0.4, 0.5) is 0 Å². The van der Waals surface area contributed by atoms with Gasteiger partial charge in [-0.2, -0.15) is 0 Å². The normalized spacial score (nSPS) is 12.3. The summed E-state index contributed by atoms with van der Waals surface area (Å²) >= 11 is 1.64. The van der Waals surface area contributed by atoms with E-state index in [9.17, 15) is 4.79 Å². The number of carboxylic acid groups (broad SMARTS) is 1. The number of rotatable bonds is 2. The first-order valence-electron chi connectivity index (χ1n) is 2.29. The van der Waals surface area contributed by atoms with Crippen LogP contribution < -0.4 is 0 Å². The molecule has 0 atom stereocenters. The summed E-state index contributed by atoms with van der Waals surface area (Å²) in [5, 5.41) is 8.34. The predicted octanol–water partition coefficient (Wildman–Crippen LogP) is 1.73. The van der Waals surface area contributed by atoms with Crippen molar-refractivity contribution in [3.63, 3.8) is 0 Å². The van der Waals surface area contributed by atoms with Gasteiger partial charge in [-0.25, -0.2) is 4.79 Å². The van der Waals surface area contributed by atoms with Crippen molar-refractivity contribution < 1.29 is 13.0 Å². The Balaban J connectivity index is 4.28. The van der Waals surface area contributed by atoms with E-state index in [1.807, 2.05) is 0 Å². The lowest BCUT2D eigenvalue weighted by atomic mass is 10.3. The molecule has 0 amide bonds. The van der Waals surface area contributed by atoms with E-state index < -0.39 is 5.97 Å². The lowest BCUT2D eigenvalue weighted by molar-refractivity contribution is -0.132. The minimum Gasteiger partial charge on any atom is -0.478 e. The summed E-state index contributed by atoms with van der Waals surface area (Å²) < 4.78 is 4.64. The Labute approximate surface area is 67.4 Å². The van der Waals surface area contributed by atoms with Crippen molar-refractivity contribution in [1.82, 2.24) is 0 Å².